The molecule has 1 aromatic heterocycles. The highest BCUT2D eigenvalue weighted by Crippen LogP contribution is 2.22. The topological polar surface area (TPSA) is 71.6 Å². The molecule has 0 radical (unpaired) electrons. The monoisotopic (exact) mass is 336 g/mol. The lowest BCUT2D eigenvalue weighted by atomic mass is 10.1. The van der Waals surface area contributed by atoms with Gasteiger partial charge in [-0.25, -0.2) is 4.79 Å². The van der Waals surface area contributed by atoms with Gasteiger partial charge in [-0.1, -0.05) is 6.92 Å². The molecule has 24 heavy (non-hydrogen) atoms. The number of carbonyl (C=O) groups is 2. The summed E-state index contributed by atoms with van der Waals surface area (Å²) in [5, 5.41) is 0. The molecule has 1 aliphatic heterocycles. The molecule has 1 aliphatic rings. The van der Waals surface area contributed by atoms with Gasteiger partial charge in [-0.05, 0) is 44.7 Å². The maximum atomic E-state index is 12.3. The van der Waals surface area contributed by atoms with Crippen LogP contribution in [0.1, 0.15) is 60.4 Å². The van der Waals surface area contributed by atoms with Crippen molar-refractivity contribution >= 4 is 11.9 Å². The minimum Gasteiger partial charge on any atom is -0.461 e. The maximum absolute atomic E-state index is 12.3. The molecular weight excluding hydrogens is 308 g/mol. The van der Waals surface area contributed by atoms with Crippen molar-refractivity contribution in [3.63, 3.8) is 0 Å². The summed E-state index contributed by atoms with van der Waals surface area (Å²) in [6.45, 7) is 9.67. The van der Waals surface area contributed by atoms with Gasteiger partial charge < -0.3 is 19.4 Å². The zero-order valence-corrected chi connectivity index (χ0v) is 15.1. The van der Waals surface area contributed by atoms with Crippen LogP contribution in [0.2, 0.25) is 0 Å². The van der Waals surface area contributed by atoms with Crippen LogP contribution < -0.4 is 0 Å². The lowest BCUT2D eigenvalue weighted by Crippen LogP contribution is -2.36. The Morgan fingerprint density at radius 2 is 2.08 bits per heavy atom. The molecule has 0 bridgehead atoms. The van der Waals surface area contributed by atoms with E-state index in [4.69, 9.17) is 9.47 Å². The summed E-state index contributed by atoms with van der Waals surface area (Å²) < 4.78 is 10.8. The Labute approximate surface area is 143 Å². The maximum Gasteiger partial charge on any atom is 0.355 e. The summed E-state index contributed by atoms with van der Waals surface area (Å²) in [5.74, 6) is -0.250. The minimum atomic E-state index is -0.350. The molecule has 0 spiro atoms. The Hall–Kier alpha value is -1.82. The molecule has 0 aliphatic carbocycles. The molecule has 0 saturated carbocycles. The normalized spacial score (nSPS) is 17.1. The second-order valence-electron chi connectivity index (χ2n) is 6.21. The number of aryl methyl sites for hydroxylation is 1. The Morgan fingerprint density at radius 1 is 1.33 bits per heavy atom. The number of hydrogen-bond donors (Lipinski definition) is 1. The number of rotatable bonds is 7. The number of amides is 1. The first-order valence-corrected chi connectivity index (χ1v) is 8.72. The Morgan fingerprint density at radius 3 is 2.67 bits per heavy atom. The van der Waals surface area contributed by atoms with Gasteiger partial charge in [0, 0.05) is 31.8 Å². The largest absolute Gasteiger partial charge is 0.461 e. The van der Waals surface area contributed by atoms with Crippen molar-refractivity contribution in [3.8, 4) is 0 Å². The van der Waals surface area contributed by atoms with Crippen molar-refractivity contribution in [2.75, 3.05) is 19.8 Å². The van der Waals surface area contributed by atoms with E-state index in [2.05, 4.69) is 4.98 Å². The van der Waals surface area contributed by atoms with Crippen LogP contribution in [-0.4, -0.2) is 47.6 Å². The van der Waals surface area contributed by atoms with E-state index in [-0.39, 0.29) is 18.0 Å². The number of aromatic nitrogens is 1. The lowest BCUT2D eigenvalue weighted by molar-refractivity contribution is -0.133. The van der Waals surface area contributed by atoms with Crippen LogP contribution in [0.5, 0.6) is 0 Å². The molecule has 1 saturated heterocycles. The van der Waals surface area contributed by atoms with Gasteiger partial charge in [0.25, 0.3) is 0 Å². The molecule has 2 heterocycles. The number of aromatic amines is 1. The van der Waals surface area contributed by atoms with Gasteiger partial charge in [0.05, 0.1) is 12.7 Å². The van der Waals surface area contributed by atoms with Crippen LogP contribution in [0.4, 0.5) is 0 Å². The molecule has 1 fully saturated rings. The second-order valence-corrected chi connectivity index (χ2v) is 6.21. The van der Waals surface area contributed by atoms with E-state index in [9.17, 15) is 9.59 Å². The van der Waals surface area contributed by atoms with E-state index in [1.807, 2.05) is 25.7 Å². The minimum absolute atomic E-state index is 0.100. The summed E-state index contributed by atoms with van der Waals surface area (Å²) in [6, 6.07) is 0. The first-order valence-electron chi connectivity index (χ1n) is 8.72. The molecular formula is C18H28N2O4. The van der Waals surface area contributed by atoms with Gasteiger partial charge in [-0.3, -0.25) is 4.79 Å². The quantitative estimate of drug-likeness (QED) is 0.777. The summed E-state index contributed by atoms with van der Waals surface area (Å²) in [5.41, 5.74) is 3.22. The number of nitrogens with one attached hydrogen (secondary N) is 1. The molecule has 1 amide bonds. The summed E-state index contributed by atoms with van der Waals surface area (Å²) in [4.78, 5) is 29.3. The zero-order chi connectivity index (χ0) is 17.7. The average Bonchev–Trinajstić information content (AvgIpc) is 3.16. The molecule has 6 nitrogen and oxygen atoms in total. The standard InChI is InChI=1S/C18H28N2O4/c1-5-16(21)20(10-14-8-7-9-24-14)11-15-12(3)17(19-13(15)4)18(22)23-6-2/h14,19H,5-11H2,1-4H3/t14-/m0/s1. The molecule has 134 valence electrons. The molecule has 1 aromatic rings. The fourth-order valence-electron chi connectivity index (χ4n) is 3.14. The van der Waals surface area contributed by atoms with Crippen molar-refractivity contribution in [2.45, 2.75) is 59.6 Å². The third kappa shape index (κ3) is 4.17. The van der Waals surface area contributed by atoms with Crippen molar-refractivity contribution in [1.82, 2.24) is 9.88 Å². The van der Waals surface area contributed by atoms with Gasteiger partial charge in [-0.15, -0.1) is 0 Å². The predicted molar refractivity (Wildman–Crippen MR) is 90.9 cm³/mol. The summed E-state index contributed by atoms with van der Waals surface area (Å²) in [7, 11) is 0. The third-order valence-corrected chi connectivity index (χ3v) is 4.52. The van der Waals surface area contributed by atoms with Gasteiger partial charge in [0.1, 0.15) is 5.69 Å². The van der Waals surface area contributed by atoms with Gasteiger partial charge >= 0.3 is 5.97 Å². The van der Waals surface area contributed by atoms with Gasteiger partial charge in [0.2, 0.25) is 5.91 Å². The number of hydrogen-bond acceptors (Lipinski definition) is 4. The molecule has 6 heteroatoms. The van der Waals surface area contributed by atoms with Crippen LogP contribution in [0.15, 0.2) is 0 Å². The first-order chi connectivity index (χ1) is 11.5. The highest BCUT2D eigenvalue weighted by molar-refractivity contribution is 5.89. The Bertz CT molecular complexity index is 588. The summed E-state index contributed by atoms with van der Waals surface area (Å²) in [6.07, 6.45) is 2.62. The highest BCUT2D eigenvalue weighted by Gasteiger charge is 2.25. The van der Waals surface area contributed by atoms with Crippen LogP contribution in [0, 0.1) is 13.8 Å². The summed E-state index contributed by atoms with van der Waals surface area (Å²) >= 11 is 0. The molecule has 0 unspecified atom stereocenters. The molecule has 0 aromatic carbocycles. The lowest BCUT2D eigenvalue weighted by Gasteiger charge is -2.25. The predicted octanol–water partition coefficient (Wildman–Crippen LogP) is 2.73. The highest BCUT2D eigenvalue weighted by atomic mass is 16.5. The molecule has 1 atom stereocenters. The van der Waals surface area contributed by atoms with E-state index in [0.717, 1.165) is 36.3 Å². The Kier molecular flexibility index (Phi) is 6.43. The number of nitrogens with zero attached hydrogens (tertiary/aromatic N) is 1. The number of carbonyl (C=O) groups excluding carboxylic acids is 2. The van der Waals surface area contributed by atoms with E-state index in [1.54, 1.807) is 6.92 Å². The van der Waals surface area contributed by atoms with E-state index >= 15 is 0 Å². The second kappa shape index (κ2) is 8.33. The molecule has 1 N–H and O–H groups in total. The third-order valence-electron chi connectivity index (χ3n) is 4.52. The van der Waals surface area contributed by atoms with Gasteiger partial charge in [-0.2, -0.15) is 0 Å². The van der Waals surface area contributed by atoms with Crippen molar-refractivity contribution in [2.24, 2.45) is 0 Å². The SMILES string of the molecule is CCOC(=O)c1[nH]c(C)c(CN(C[C@@H]2CCCO2)C(=O)CC)c1C. The van der Waals surface area contributed by atoms with Crippen LogP contribution >= 0.6 is 0 Å². The van der Waals surface area contributed by atoms with Crippen LogP contribution in [0.25, 0.3) is 0 Å². The fourth-order valence-corrected chi connectivity index (χ4v) is 3.14. The van der Waals surface area contributed by atoms with E-state index in [0.29, 0.717) is 31.8 Å². The van der Waals surface area contributed by atoms with Crippen molar-refractivity contribution < 1.29 is 19.1 Å². The fraction of sp³-hybridized carbons (Fsp3) is 0.667. The van der Waals surface area contributed by atoms with Crippen LogP contribution in [0.3, 0.4) is 0 Å². The number of H-pyrrole nitrogens is 1. The Balaban J connectivity index is 2.18. The number of esters is 1. The smallest absolute Gasteiger partial charge is 0.355 e. The molecule has 2 rings (SSSR count). The number of ether oxygens (including phenoxy) is 2. The zero-order valence-electron chi connectivity index (χ0n) is 15.1. The first kappa shape index (κ1) is 18.5. The van der Waals surface area contributed by atoms with Crippen molar-refractivity contribution in [1.29, 1.82) is 0 Å². The van der Waals surface area contributed by atoms with Crippen LogP contribution in [-0.2, 0) is 20.8 Å². The van der Waals surface area contributed by atoms with Gasteiger partial charge in [0.15, 0.2) is 0 Å². The van der Waals surface area contributed by atoms with Crippen molar-refractivity contribution in [3.05, 3.63) is 22.5 Å². The average molecular weight is 336 g/mol. The van der Waals surface area contributed by atoms with E-state index in [1.165, 1.54) is 0 Å². The van der Waals surface area contributed by atoms with E-state index < -0.39 is 0 Å².